The first-order valence-corrected chi connectivity index (χ1v) is 3.48. The minimum atomic E-state index is 0.718. The zero-order chi connectivity index (χ0) is 5.28. The van der Waals surface area contributed by atoms with Crippen LogP contribution >= 0.6 is 12.6 Å². The average molecular weight is 116 g/mol. The Bertz CT molecular complexity index is 53.2. The maximum Gasteiger partial charge on any atom is 0.00194 e. The molecule has 2 atom stereocenters. The molecule has 0 bridgehead atoms. The van der Waals surface area contributed by atoms with E-state index in [0.717, 1.165) is 11.2 Å². The fourth-order valence-corrected chi connectivity index (χ4v) is 1.69. The summed E-state index contributed by atoms with van der Waals surface area (Å²) in [6.07, 6.45) is 4.07. The molecular weight excluding hydrogens is 104 g/mol. The summed E-state index contributed by atoms with van der Waals surface area (Å²) in [6.45, 7) is 2.30. The van der Waals surface area contributed by atoms with Crippen LogP contribution in [0, 0.1) is 5.92 Å². The van der Waals surface area contributed by atoms with Crippen LogP contribution in [0.25, 0.3) is 0 Å². The molecule has 0 radical (unpaired) electrons. The molecule has 1 fully saturated rings. The van der Waals surface area contributed by atoms with Crippen LogP contribution in [-0.4, -0.2) is 5.25 Å². The first-order valence-electron chi connectivity index (χ1n) is 2.97. The predicted octanol–water partition coefficient (Wildman–Crippen LogP) is 2.10. The molecule has 1 heteroatoms. The molecule has 1 aliphatic rings. The van der Waals surface area contributed by atoms with Crippen molar-refractivity contribution >= 4 is 12.6 Å². The fourth-order valence-electron chi connectivity index (χ4n) is 1.18. The van der Waals surface area contributed by atoms with Crippen LogP contribution < -0.4 is 0 Å². The highest BCUT2D eigenvalue weighted by Crippen LogP contribution is 2.27. The molecule has 42 valence electrons. The van der Waals surface area contributed by atoms with Crippen molar-refractivity contribution < 1.29 is 0 Å². The van der Waals surface area contributed by atoms with Crippen molar-refractivity contribution in [2.75, 3.05) is 0 Å². The Kier molecular flexibility index (Phi) is 1.63. The molecule has 1 unspecified atom stereocenters. The lowest BCUT2D eigenvalue weighted by molar-refractivity contribution is 0.614. The molecule has 1 aliphatic carbocycles. The minimum Gasteiger partial charge on any atom is -0.176 e. The maximum atomic E-state index is 4.35. The molecular formula is C6H12S. The summed E-state index contributed by atoms with van der Waals surface area (Å²) in [6, 6.07) is 0. The molecule has 1 rings (SSSR count). The van der Waals surface area contributed by atoms with E-state index in [4.69, 9.17) is 0 Å². The highest BCUT2D eigenvalue weighted by Gasteiger charge is 2.16. The molecule has 7 heavy (non-hydrogen) atoms. The standard InChI is InChI=1S/C6H12S/c1-5-2-3-6(7)4-5/h5-7H,2-4H2,1H3/t5-,6?/m1/s1. The van der Waals surface area contributed by atoms with Gasteiger partial charge in [0.05, 0.1) is 0 Å². The lowest BCUT2D eigenvalue weighted by Crippen LogP contribution is -1.88. The molecule has 0 aromatic rings. The topological polar surface area (TPSA) is 0 Å². The third-order valence-electron chi connectivity index (χ3n) is 1.67. The lowest BCUT2D eigenvalue weighted by atomic mass is 10.1. The van der Waals surface area contributed by atoms with E-state index in [1.165, 1.54) is 19.3 Å². The van der Waals surface area contributed by atoms with Gasteiger partial charge in [-0.2, -0.15) is 12.6 Å². The van der Waals surface area contributed by atoms with Crippen LogP contribution in [0.5, 0.6) is 0 Å². The number of rotatable bonds is 0. The summed E-state index contributed by atoms with van der Waals surface area (Å²) in [5.74, 6) is 0.947. The second-order valence-electron chi connectivity index (χ2n) is 2.57. The average Bonchev–Trinajstić information content (AvgIpc) is 1.87. The summed E-state index contributed by atoms with van der Waals surface area (Å²) in [5.41, 5.74) is 0. The van der Waals surface area contributed by atoms with Gasteiger partial charge in [-0.3, -0.25) is 0 Å². The van der Waals surface area contributed by atoms with Crippen LogP contribution in [0.4, 0.5) is 0 Å². The van der Waals surface area contributed by atoms with Crippen molar-refractivity contribution in [3.8, 4) is 0 Å². The number of hydrogen-bond donors (Lipinski definition) is 1. The molecule has 0 aliphatic heterocycles. The fraction of sp³-hybridized carbons (Fsp3) is 1.00. The maximum absolute atomic E-state index is 4.35. The summed E-state index contributed by atoms with van der Waals surface area (Å²) < 4.78 is 0. The van der Waals surface area contributed by atoms with Crippen molar-refractivity contribution in [3.63, 3.8) is 0 Å². The molecule has 0 N–H and O–H groups in total. The van der Waals surface area contributed by atoms with E-state index in [0.29, 0.717) is 0 Å². The molecule has 0 nitrogen and oxygen atoms in total. The Labute approximate surface area is 50.7 Å². The predicted molar refractivity (Wildman–Crippen MR) is 35.8 cm³/mol. The van der Waals surface area contributed by atoms with Crippen LogP contribution in [0.15, 0.2) is 0 Å². The minimum absolute atomic E-state index is 0.718. The summed E-state index contributed by atoms with van der Waals surface area (Å²) in [5, 5.41) is 0.718. The van der Waals surface area contributed by atoms with E-state index in [1.54, 1.807) is 0 Å². The second kappa shape index (κ2) is 2.08. The molecule has 0 aromatic carbocycles. The summed E-state index contributed by atoms with van der Waals surface area (Å²) in [4.78, 5) is 0. The van der Waals surface area contributed by atoms with E-state index in [9.17, 15) is 0 Å². The van der Waals surface area contributed by atoms with Gasteiger partial charge >= 0.3 is 0 Å². The largest absolute Gasteiger partial charge is 0.176 e. The SMILES string of the molecule is C[C@@H]1CCC(S)C1. The van der Waals surface area contributed by atoms with E-state index < -0.39 is 0 Å². The Morgan fingerprint density at radius 3 is 2.29 bits per heavy atom. The van der Waals surface area contributed by atoms with Gasteiger partial charge in [0.15, 0.2) is 0 Å². The molecule has 0 aromatic heterocycles. The second-order valence-corrected chi connectivity index (χ2v) is 3.30. The van der Waals surface area contributed by atoms with Gasteiger partial charge in [-0.15, -0.1) is 0 Å². The van der Waals surface area contributed by atoms with Gasteiger partial charge in [0.1, 0.15) is 0 Å². The van der Waals surface area contributed by atoms with Crippen molar-refractivity contribution in [1.29, 1.82) is 0 Å². The monoisotopic (exact) mass is 116 g/mol. The van der Waals surface area contributed by atoms with Gasteiger partial charge in [-0.25, -0.2) is 0 Å². The van der Waals surface area contributed by atoms with E-state index in [1.807, 2.05) is 0 Å². The molecule has 1 saturated carbocycles. The van der Waals surface area contributed by atoms with Gasteiger partial charge in [0.2, 0.25) is 0 Å². The Morgan fingerprint density at radius 2 is 2.14 bits per heavy atom. The van der Waals surface area contributed by atoms with Crippen molar-refractivity contribution in [1.82, 2.24) is 0 Å². The first kappa shape index (κ1) is 5.49. The van der Waals surface area contributed by atoms with Crippen molar-refractivity contribution in [2.24, 2.45) is 5.92 Å². The van der Waals surface area contributed by atoms with Gasteiger partial charge in [-0.1, -0.05) is 6.92 Å². The third-order valence-corrected chi connectivity index (χ3v) is 2.14. The molecule has 0 amide bonds. The van der Waals surface area contributed by atoms with E-state index >= 15 is 0 Å². The van der Waals surface area contributed by atoms with Crippen molar-refractivity contribution in [3.05, 3.63) is 0 Å². The Hall–Kier alpha value is 0.350. The van der Waals surface area contributed by atoms with Crippen LogP contribution in [-0.2, 0) is 0 Å². The van der Waals surface area contributed by atoms with Gasteiger partial charge in [-0.05, 0) is 25.2 Å². The van der Waals surface area contributed by atoms with Gasteiger partial charge in [0.25, 0.3) is 0 Å². The third kappa shape index (κ3) is 1.37. The molecule has 0 heterocycles. The quantitative estimate of drug-likeness (QED) is 0.460. The summed E-state index contributed by atoms with van der Waals surface area (Å²) >= 11 is 4.35. The normalized spacial score (nSPS) is 42.0. The van der Waals surface area contributed by atoms with Crippen LogP contribution in [0.2, 0.25) is 0 Å². The van der Waals surface area contributed by atoms with Crippen LogP contribution in [0.3, 0.4) is 0 Å². The number of thiol groups is 1. The smallest absolute Gasteiger partial charge is 0.00194 e. The molecule has 0 spiro atoms. The van der Waals surface area contributed by atoms with Gasteiger partial charge < -0.3 is 0 Å². The van der Waals surface area contributed by atoms with E-state index in [2.05, 4.69) is 19.6 Å². The van der Waals surface area contributed by atoms with Crippen LogP contribution in [0.1, 0.15) is 26.2 Å². The Morgan fingerprint density at radius 1 is 1.43 bits per heavy atom. The first-order chi connectivity index (χ1) is 3.29. The van der Waals surface area contributed by atoms with Gasteiger partial charge in [0, 0.05) is 5.25 Å². The van der Waals surface area contributed by atoms with Crippen molar-refractivity contribution in [2.45, 2.75) is 31.4 Å². The zero-order valence-electron chi connectivity index (χ0n) is 4.72. The number of hydrogen-bond acceptors (Lipinski definition) is 1. The van der Waals surface area contributed by atoms with E-state index in [-0.39, 0.29) is 0 Å². The zero-order valence-corrected chi connectivity index (χ0v) is 5.62. The molecule has 0 saturated heterocycles. The summed E-state index contributed by atoms with van der Waals surface area (Å²) in [7, 11) is 0. The highest BCUT2D eigenvalue weighted by atomic mass is 32.1. The highest BCUT2D eigenvalue weighted by molar-refractivity contribution is 7.80. The Balaban J connectivity index is 2.26. The lowest BCUT2D eigenvalue weighted by Gasteiger charge is -1.95.